The molecule has 1 amide bonds. The van der Waals surface area contributed by atoms with Crippen LogP contribution in [-0.2, 0) is 0 Å². The Labute approximate surface area is 113 Å². The Morgan fingerprint density at radius 1 is 1.61 bits per heavy atom. The van der Waals surface area contributed by atoms with E-state index < -0.39 is 0 Å². The molecule has 5 heteroatoms. The average molecular weight is 267 g/mol. The minimum Gasteiger partial charge on any atom is -0.388 e. The molecule has 0 saturated carbocycles. The highest BCUT2D eigenvalue weighted by molar-refractivity contribution is 7.98. The quantitative estimate of drug-likeness (QED) is 0.859. The molecule has 18 heavy (non-hydrogen) atoms. The Bertz CT molecular complexity index is 398. The molecule has 1 atom stereocenters. The van der Waals surface area contributed by atoms with Crippen molar-refractivity contribution in [1.29, 1.82) is 0 Å². The van der Waals surface area contributed by atoms with Gasteiger partial charge in [0.05, 0.1) is 0 Å². The van der Waals surface area contributed by atoms with E-state index in [4.69, 9.17) is 0 Å². The summed E-state index contributed by atoms with van der Waals surface area (Å²) < 4.78 is 0. The monoisotopic (exact) mass is 267 g/mol. The lowest BCUT2D eigenvalue weighted by atomic mass is 10.2. The molecule has 1 heterocycles. The Morgan fingerprint density at radius 2 is 2.33 bits per heavy atom. The minimum absolute atomic E-state index is 0.0271. The number of pyridine rings is 1. The molecular weight excluding hydrogens is 246 g/mol. The number of nitrogens with one attached hydrogen (secondary N) is 1. The molecule has 100 valence electrons. The van der Waals surface area contributed by atoms with E-state index in [0.717, 1.165) is 17.9 Å². The van der Waals surface area contributed by atoms with E-state index in [-0.39, 0.29) is 11.9 Å². The van der Waals surface area contributed by atoms with Crippen molar-refractivity contribution in [3.63, 3.8) is 0 Å². The molecular formula is C13H21N3OS. The summed E-state index contributed by atoms with van der Waals surface area (Å²) >= 11 is 1.80. The SMILES string of the molecule is CNc1ccnc(C(=O)N(C)C(C)CCSC)c1. The third-order valence-electron chi connectivity index (χ3n) is 2.99. The fourth-order valence-corrected chi connectivity index (χ4v) is 2.14. The topological polar surface area (TPSA) is 45.2 Å². The third kappa shape index (κ3) is 3.91. The molecule has 1 aromatic rings. The molecule has 1 unspecified atom stereocenters. The second kappa shape index (κ2) is 7.26. The van der Waals surface area contributed by atoms with Gasteiger partial charge in [-0.25, -0.2) is 0 Å². The molecule has 1 N–H and O–H groups in total. The molecule has 4 nitrogen and oxygen atoms in total. The molecule has 1 rings (SSSR count). The molecule has 0 aliphatic carbocycles. The zero-order valence-corrected chi connectivity index (χ0v) is 12.3. The predicted octanol–water partition coefficient (Wildman–Crippen LogP) is 2.34. The van der Waals surface area contributed by atoms with Gasteiger partial charge < -0.3 is 10.2 Å². The van der Waals surface area contributed by atoms with Crippen LogP contribution in [-0.4, -0.2) is 47.9 Å². The maximum atomic E-state index is 12.2. The van der Waals surface area contributed by atoms with Crippen molar-refractivity contribution in [3.8, 4) is 0 Å². The number of hydrogen-bond donors (Lipinski definition) is 1. The molecule has 0 aliphatic heterocycles. The normalized spacial score (nSPS) is 12.0. The van der Waals surface area contributed by atoms with Crippen molar-refractivity contribution in [2.45, 2.75) is 19.4 Å². The summed E-state index contributed by atoms with van der Waals surface area (Å²) in [5.74, 6) is 1.03. The summed E-state index contributed by atoms with van der Waals surface area (Å²) in [6, 6.07) is 3.85. The van der Waals surface area contributed by atoms with Crippen molar-refractivity contribution in [3.05, 3.63) is 24.0 Å². The van der Waals surface area contributed by atoms with Crippen LogP contribution in [0.5, 0.6) is 0 Å². The van der Waals surface area contributed by atoms with E-state index in [0.29, 0.717) is 5.69 Å². The van der Waals surface area contributed by atoms with Gasteiger partial charge in [-0.05, 0) is 37.5 Å². The number of hydrogen-bond acceptors (Lipinski definition) is 4. The second-order valence-corrected chi connectivity index (χ2v) is 5.21. The molecule has 0 fully saturated rings. The maximum Gasteiger partial charge on any atom is 0.272 e. The summed E-state index contributed by atoms with van der Waals surface area (Å²) in [7, 11) is 3.66. The number of carbonyl (C=O) groups is 1. The molecule has 0 saturated heterocycles. The number of carbonyl (C=O) groups excluding carboxylic acids is 1. The molecule has 0 aliphatic rings. The Kier molecular flexibility index (Phi) is 5.98. The minimum atomic E-state index is -0.0271. The van der Waals surface area contributed by atoms with Crippen molar-refractivity contribution in [2.75, 3.05) is 31.4 Å². The summed E-state index contributed by atoms with van der Waals surface area (Å²) in [4.78, 5) is 18.1. The van der Waals surface area contributed by atoms with E-state index in [2.05, 4.69) is 23.5 Å². The molecule has 0 radical (unpaired) electrons. The predicted molar refractivity (Wildman–Crippen MR) is 78.3 cm³/mol. The van der Waals surface area contributed by atoms with Crippen LogP contribution in [0.15, 0.2) is 18.3 Å². The van der Waals surface area contributed by atoms with Crippen LogP contribution in [0.25, 0.3) is 0 Å². The van der Waals surface area contributed by atoms with Gasteiger partial charge in [0.15, 0.2) is 0 Å². The van der Waals surface area contributed by atoms with Crippen LogP contribution in [0.4, 0.5) is 5.69 Å². The van der Waals surface area contributed by atoms with E-state index in [1.807, 2.05) is 20.2 Å². The first-order valence-corrected chi connectivity index (χ1v) is 7.39. The lowest BCUT2D eigenvalue weighted by Gasteiger charge is -2.24. The highest BCUT2D eigenvalue weighted by Gasteiger charge is 2.18. The van der Waals surface area contributed by atoms with Gasteiger partial charge in [0.2, 0.25) is 0 Å². The smallest absolute Gasteiger partial charge is 0.272 e. The highest BCUT2D eigenvalue weighted by atomic mass is 32.2. The van der Waals surface area contributed by atoms with Gasteiger partial charge in [-0.3, -0.25) is 9.78 Å². The molecule has 0 bridgehead atoms. The van der Waals surface area contributed by atoms with E-state index in [1.54, 1.807) is 28.9 Å². The van der Waals surface area contributed by atoms with E-state index in [9.17, 15) is 4.79 Å². The maximum absolute atomic E-state index is 12.2. The third-order valence-corrected chi connectivity index (χ3v) is 3.63. The van der Waals surface area contributed by atoms with Crippen LogP contribution in [0.1, 0.15) is 23.8 Å². The fraction of sp³-hybridized carbons (Fsp3) is 0.538. The number of rotatable bonds is 6. The zero-order valence-electron chi connectivity index (χ0n) is 11.4. The first kappa shape index (κ1) is 14.8. The zero-order chi connectivity index (χ0) is 13.5. The Hall–Kier alpha value is -1.23. The van der Waals surface area contributed by atoms with Crippen LogP contribution >= 0.6 is 11.8 Å². The van der Waals surface area contributed by atoms with E-state index in [1.165, 1.54) is 0 Å². The summed E-state index contributed by atoms with van der Waals surface area (Å²) in [5.41, 5.74) is 1.39. The van der Waals surface area contributed by atoms with Gasteiger partial charge in [-0.15, -0.1) is 0 Å². The number of amides is 1. The standard InChI is InChI=1S/C13H21N3OS/c1-10(6-8-18-4)16(3)13(17)12-9-11(14-2)5-7-15-12/h5,7,9-10H,6,8H2,1-4H3,(H,14,15). The van der Waals surface area contributed by atoms with Crippen LogP contribution in [0.2, 0.25) is 0 Å². The van der Waals surface area contributed by atoms with Crippen LogP contribution < -0.4 is 5.32 Å². The number of anilines is 1. The second-order valence-electron chi connectivity index (χ2n) is 4.23. The van der Waals surface area contributed by atoms with Gasteiger partial charge in [0.1, 0.15) is 5.69 Å². The van der Waals surface area contributed by atoms with E-state index >= 15 is 0 Å². The van der Waals surface area contributed by atoms with Crippen molar-refractivity contribution < 1.29 is 4.79 Å². The van der Waals surface area contributed by atoms with Gasteiger partial charge in [-0.2, -0.15) is 11.8 Å². The Morgan fingerprint density at radius 3 is 2.94 bits per heavy atom. The first-order valence-electron chi connectivity index (χ1n) is 6.00. The number of nitrogens with zero attached hydrogens (tertiary/aromatic N) is 2. The number of aromatic nitrogens is 1. The van der Waals surface area contributed by atoms with Gasteiger partial charge >= 0.3 is 0 Å². The molecule has 1 aromatic heterocycles. The molecule has 0 aromatic carbocycles. The summed E-state index contributed by atoms with van der Waals surface area (Å²) in [6.07, 6.45) is 4.72. The lowest BCUT2D eigenvalue weighted by Crippen LogP contribution is -2.35. The molecule has 0 spiro atoms. The van der Waals surface area contributed by atoms with Gasteiger partial charge in [0.25, 0.3) is 5.91 Å². The summed E-state index contributed by atoms with van der Waals surface area (Å²) in [6.45, 7) is 2.07. The first-order chi connectivity index (χ1) is 8.60. The van der Waals surface area contributed by atoms with Gasteiger partial charge in [0, 0.05) is 32.0 Å². The number of thioether (sulfide) groups is 1. The van der Waals surface area contributed by atoms with Gasteiger partial charge in [-0.1, -0.05) is 0 Å². The van der Waals surface area contributed by atoms with Crippen molar-refractivity contribution >= 4 is 23.4 Å². The van der Waals surface area contributed by atoms with Crippen molar-refractivity contribution in [1.82, 2.24) is 9.88 Å². The summed E-state index contributed by atoms with van der Waals surface area (Å²) in [5, 5.41) is 3.01. The highest BCUT2D eigenvalue weighted by Crippen LogP contribution is 2.12. The Balaban J connectivity index is 2.72. The van der Waals surface area contributed by atoms with Crippen molar-refractivity contribution in [2.24, 2.45) is 0 Å². The van der Waals surface area contributed by atoms with Crippen LogP contribution in [0.3, 0.4) is 0 Å². The lowest BCUT2D eigenvalue weighted by molar-refractivity contribution is 0.0735. The fourth-order valence-electron chi connectivity index (χ4n) is 1.57. The van der Waals surface area contributed by atoms with Crippen LogP contribution in [0, 0.1) is 0 Å². The largest absolute Gasteiger partial charge is 0.388 e. The average Bonchev–Trinajstić information content (AvgIpc) is 2.43.